The molecule has 0 saturated carbocycles. The third kappa shape index (κ3) is 6.91. The van der Waals surface area contributed by atoms with Gasteiger partial charge in [-0.3, -0.25) is 0 Å². The Labute approximate surface area is 125 Å². The smallest absolute Gasteiger partial charge is 0.0701 e. The highest BCUT2D eigenvalue weighted by Gasteiger charge is 2.06. The molecule has 1 aromatic rings. The van der Waals surface area contributed by atoms with E-state index in [2.05, 4.69) is 54.2 Å². The third-order valence-corrected chi connectivity index (χ3v) is 4.99. The van der Waals surface area contributed by atoms with Gasteiger partial charge in [0.15, 0.2) is 0 Å². The Hall–Kier alpha value is 0.140. The molecule has 1 nitrogen and oxygen atoms in total. The molecule has 0 aliphatic rings. The van der Waals surface area contributed by atoms with Crippen LogP contribution in [0.1, 0.15) is 63.8 Å². The average molecular weight is 332 g/mol. The molecule has 0 radical (unpaired) electrons. The van der Waals surface area contributed by atoms with E-state index in [1.54, 1.807) is 0 Å². The molecule has 3 heteroatoms. The Morgan fingerprint density at radius 1 is 1.11 bits per heavy atom. The summed E-state index contributed by atoms with van der Waals surface area (Å²) in [6.07, 6.45) is 6.83. The van der Waals surface area contributed by atoms with E-state index in [1.165, 1.54) is 40.8 Å². The van der Waals surface area contributed by atoms with Crippen LogP contribution in [0, 0.1) is 5.92 Å². The molecule has 18 heavy (non-hydrogen) atoms. The van der Waals surface area contributed by atoms with Gasteiger partial charge >= 0.3 is 0 Å². The van der Waals surface area contributed by atoms with Gasteiger partial charge in [0, 0.05) is 10.9 Å². The first kappa shape index (κ1) is 16.2. The molecule has 1 atom stereocenters. The van der Waals surface area contributed by atoms with Crippen LogP contribution in [0.2, 0.25) is 0 Å². The second kappa shape index (κ2) is 9.11. The van der Waals surface area contributed by atoms with Crippen LogP contribution in [-0.4, -0.2) is 6.54 Å². The van der Waals surface area contributed by atoms with Gasteiger partial charge in [0.2, 0.25) is 0 Å². The lowest BCUT2D eigenvalue weighted by atomic mass is 10.0. The van der Waals surface area contributed by atoms with Crippen LogP contribution >= 0.6 is 27.3 Å². The minimum absolute atomic E-state index is 0.483. The zero-order chi connectivity index (χ0) is 13.4. The minimum Gasteiger partial charge on any atom is -0.309 e. The summed E-state index contributed by atoms with van der Waals surface area (Å²) in [4.78, 5) is 1.42. The molecule has 0 fully saturated rings. The highest BCUT2D eigenvalue weighted by atomic mass is 79.9. The topological polar surface area (TPSA) is 12.0 Å². The predicted octanol–water partition coefficient (Wildman–Crippen LogP) is 5.77. The second-order valence-electron chi connectivity index (χ2n) is 5.41. The average Bonchev–Trinajstić information content (AvgIpc) is 2.74. The SMILES string of the molecule is CC(C)CCCCCCNC(C)c1ccc(Br)s1. The Morgan fingerprint density at radius 2 is 1.83 bits per heavy atom. The molecule has 0 aliphatic heterocycles. The van der Waals surface area contributed by atoms with Crippen LogP contribution < -0.4 is 5.32 Å². The monoisotopic (exact) mass is 331 g/mol. The second-order valence-corrected chi connectivity index (χ2v) is 7.91. The maximum absolute atomic E-state index is 3.60. The molecule has 1 aromatic heterocycles. The Morgan fingerprint density at radius 3 is 2.44 bits per heavy atom. The van der Waals surface area contributed by atoms with Gasteiger partial charge < -0.3 is 5.32 Å². The first-order valence-corrected chi connectivity index (χ1v) is 8.69. The van der Waals surface area contributed by atoms with Crippen LogP contribution in [0.4, 0.5) is 0 Å². The number of thiophene rings is 1. The third-order valence-electron chi connectivity index (χ3n) is 3.18. The summed E-state index contributed by atoms with van der Waals surface area (Å²) in [5, 5.41) is 3.60. The van der Waals surface area contributed by atoms with Gasteiger partial charge in [-0.2, -0.15) is 0 Å². The number of rotatable bonds is 9. The zero-order valence-corrected chi connectivity index (χ0v) is 14.2. The number of halogens is 1. The summed E-state index contributed by atoms with van der Waals surface area (Å²) < 4.78 is 1.22. The fourth-order valence-corrected chi connectivity index (χ4v) is 3.46. The van der Waals surface area contributed by atoms with E-state index in [0.717, 1.165) is 12.5 Å². The fourth-order valence-electron chi connectivity index (χ4n) is 2.01. The molecule has 1 unspecified atom stereocenters. The quantitative estimate of drug-likeness (QED) is 0.566. The summed E-state index contributed by atoms with van der Waals surface area (Å²) in [5.74, 6) is 0.862. The molecule has 0 saturated heterocycles. The zero-order valence-electron chi connectivity index (χ0n) is 11.8. The lowest BCUT2D eigenvalue weighted by molar-refractivity contribution is 0.500. The molecule has 104 valence electrons. The number of nitrogens with one attached hydrogen (secondary N) is 1. The van der Waals surface area contributed by atoms with E-state index in [1.807, 2.05) is 11.3 Å². The summed E-state index contributed by atoms with van der Waals surface area (Å²) in [5.41, 5.74) is 0. The Bertz CT molecular complexity index is 322. The normalized spacial score (nSPS) is 13.2. The van der Waals surface area contributed by atoms with Crippen molar-refractivity contribution in [1.82, 2.24) is 5.32 Å². The Kier molecular flexibility index (Phi) is 8.20. The maximum atomic E-state index is 3.60. The molecule has 0 aliphatic carbocycles. The van der Waals surface area contributed by atoms with Crippen molar-refractivity contribution >= 4 is 27.3 Å². The van der Waals surface area contributed by atoms with E-state index < -0.39 is 0 Å². The van der Waals surface area contributed by atoms with Crippen molar-refractivity contribution in [2.45, 2.75) is 58.9 Å². The van der Waals surface area contributed by atoms with Crippen molar-refractivity contribution in [1.29, 1.82) is 0 Å². The van der Waals surface area contributed by atoms with Gasteiger partial charge in [-0.25, -0.2) is 0 Å². The van der Waals surface area contributed by atoms with Crippen molar-refractivity contribution in [3.8, 4) is 0 Å². The molecule has 0 bridgehead atoms. The van der Waals surface area contributed by atoms with Gasteiger partial charge in [-0.1, -0.05) is 39.5 Å². The van der Waals surface area contributed by atoms with Crippen molar-refractivity contribution in [3.63, 3.8) is 0 Å². The van der Waals surface area contributed by atoms with E-state index in [0.29, 0.717) is 6.04 Å². The summed E-state index contributed by atoms with van der Waals surface area (Å²) in [7, 11) is 0. The lowest BCUT2D eigenvalue weighted by Crippen LogP contribution is -2.18. The fraction of sp³-hybridized carbons (Fsp3) is 0.733. The molecule has 0 aromatic carbocycles. The molecule has 1 N–H and O–H groups in total. The van der Waals surface area contributed by atoms with Crippen molar-refractivity contribution in [2.75, 3.05) is 6.54 Å². The van der Waals surface area contributed by atoms with Crippen LogP contribution in [0.25, 0.3) is 0 Å². The Balaban J connectivity index is 2.01. The molecule has 1 heterocycles. The summed E-state index contributed by atoms with van der Waals surface area (Å²) in [6, 6.07) is 4.82. The van der Waals surface area contributed by atoms with Crippen LogP contribution in [-0.2, 0) is 0 Å². The van der Waals surface area contributed by atoms with Crippen molar-refractivity contribution in [3.05, 3.63) is 20.8 Å². The molecular weight excluding hydrogens is 306 g/mol. The van der Waals surface area contributed by atoms with Gasteiger partial charge in [0.1, 0.15) is 0 Å². The highest BCUT2D eigenvalue weighted by Crippen LogP contribution is 2.26. The van der Waals surface area contributed by atoms with E-state index in [4.69, 9.17) is 0 Å². The van der Waals surface area contributed by atoms with Crippen LogP contribution in [0.5, 0.6) is 0 Å². The van der Waals surface area contributed by atoms with Crippen LogP contribution in [0.15, 0.2) is 15.9 Å². The maximum Gasteiger partial charge on any atom is 0.0701 e. The molecule has 1 rings (SSSR count). The standard InChI is InChI=1S/C15H26BrNS/c1-12(2)8-6-4-5-7-11-17-13(3)14-9-10-15(16)18-14/h9-10,12-13,17H,4-8,11H2,1-3H3. The number of hydrogen-bond donors (Lipinski definition) is 1. The summed E-state index contributed by atoms with van der Waals surface area (Å²) in [6.45, 7) is 8.00. The number of unbranched alkanes of at least 4 members (excludes halogenated alkanes) is 3. The highest BCUT2D eigenvalue weighted by molar-refractivity contribution is 9.11. The van der Waals surface area contributed by atoms with Gasteiger partial charge in [-0.15, -0.1) is 11.3 Å². The van der Waals surface area contributed by atoms with E-state index in [9.17, 15) is 0 Å². The molecule has 0 spiro atoms. The van der Waals surface area contributed by atoms with Gasteiger partial charge in [-0.05, 0) is 53.9 Å². The van der Waals surface area contributed by atoms with Gasteiger partial charge in [0.25, 0.3) is 0 Å². The number of hydrogen-bond acceptors (Lipinski definition) is 2. The van der Waals surface area contributed by atoms with Crippen molar-refractivity contribution in [2.24, 2.45) is 5.92 Å². The van der Waals surface area contributed by atoms with Crippen molar-refractivity contribution < 1.29 is 0 Å². The largest absolute Gasteiger partial charge is 0.309 e. The van der Waals surface area contributed by atoms with E-state index >= 15 is 0 Å². The summed E-state index contributed by atoms with van der Waals surface area (Å²) >= 11 is 5.34. The lowest BCUT2D eigenvalue weighted by Gasteiger charge is -2.11. The van der Waals surface area contributed by atoms with E-state index in [-0.39, 0.29) is 0 Å². The molecular formula is C15H26BrNS. The van der Waals surface area contributed by atoms with Crippen LogP contribution in [0.3, 0.4) is 0 Å². The first-order chi connectivity index (χ1) is 8.59. The minimum atomic E-state index is 0.483. The molecule has 0 amide bonds. The van der Waals surface area contributed by atoms with Gasteiger partial charge in [0.05, 0.1) is 3.79 Å². The predicted molar refractivity (Wildman–Crippen MR) is 86.4 cm³/mol. The first-order valence-electron chi connectivity index (χ1n) is 7.08.